The van der Waals surface area contributed by atoms with Crippen LogP contribution in [0.4, 0.5) is 4.79 Å². The molecule has 2 aromatic rings. The number of fused-ring (bicyclic) bond motifs is 1. The summed E-state index contributed by atoms with van der Waals surface area (Å²) in [6.45, 7) is 7.22. The molecule has 0 aliphatic carbocycles. The van der Waals surface area contributed by atoms with E-state index in [2.05, 4.69) is 17.4 Å². The van der Waals surface area contributed by atoms with Crippen LogP contribution >= 0.6 is 0 Å². The van der Waals surface area contributed by atoms with Crippen molar-refractivity contribution in [3.05, 3.63) is 52.5 Å². The Kier molecular flexibility index (Phi) is 5.02. The first kappa shape index (κ1) is 17.4. The lowest BCUT2D eigenvalue weighted by molar-refractivity contribution is 0.192. The third-order valence-electron chi connectivity index (χ3n) is 4.82. The van der Waals surface area contributed by atoms with Crippen LogP contribution in [0.15, 0.2) is 28.7 Å². The number of ether oxygens (including phenoxy) is 1. The molecule has 5 heteroatoms. The van der Waals surface area contributed by atoms with Crippen LogP contribution in [0, 0.1) is 13.8 Å². The Morgan fingerprint density at radius 2 is 2.08 bits per heavy atom. The number of methoxy groups -OCH3 is 1. The van der Waals surface area contributed by atoms with Crippen molar-refractivity contribution in [1.29, 1.82) is 0 Å². The van der Waals surface area contributed by atoms with Crippen LogP contribution < -0.4 is 10.1 Å². The summed E-state index contributed by atoms with van der Waals surface area (Å²) < 4.78 is 10.9. The molecule has 0 saturated carbocycles. The minimum absolute atomic E-state index is 0.0329. The molecule has 2 amide bonds. The number of carbonyl (C=O) groups excluding carboxylic acids is 1. The molecule has 1 aromatic carbocycles. The Bertz CT molecular complexity index is 766. The fraction of sp³-hybridized carbons (Fsp3) is 0.450. The normalized spacial score (nSPS) is 15.3. The first-order valence-corrected chi connectivity index (χ1v) is 8.76. The maximum absolute atomic E-state index is 12.7. The second-order valence-corrected chi connectivity index (χ2v) is 6.70. The number of nitrogens with one attached hydrogen (secondary N) is 1. The van der Waals surface area contributed by atoms with Gasteiger partial charge in [-0.05, 0) is 62.9 Å². The van der Waals surface area contributed by atoms with Crippen molar-refractivity contribution in [2.24, 2.45) is 0 Å². The molecular weight excluding hydrogens is 316 g/mol. The molecule has 1 N–H and O–H groups in total. The van der Waals surface area contributed by atoms with E-state index in [1.54, 1.807) is 7.11 Å². The average Bonchev–Trinajstić information content (AvgIpc) is 2.81. The van der Waals surface area contributed by atoms with Crippen molar-refractivity contribution >= 4 is 6.03 Å². The van der Waals surface area contributed by atoms with Crippen LogP contribution in [0.5, 0.6) is 5.75 Å². The van der Waals surface area contributed by atoms with E-state index in [9.17, 15) is 4.79 Å². The smallest absolute Gasteiger partial charge is 0.318 e. The zero-order valence-corrected chi connectivity index (χ0v) is 15.4. The fourth-order valence-corrected chi connectivity index (χ4v) is 3.47. The summed E-state index contributed by atoms with van der Waals surface area (Å²) in [7, 11) is 1.68. The lowest BCUT2D eigenvalue weighted by Crippen LogP contribution is -2.40. The largest absolute Gasteiger partial charge is 0.497 e. The average molecular weight is 342 g/mol. The van der Waals surface area contributed by atoms with Crippen LogP contribution in [-0.4, -0.2) is 24.6 Å². The second kappa shape index (κ2) is 7.21. The monoisotopic (exact) mass is 342 g/mol. The molecule has 2 heterocycles. The third kappa shape index (κ3) is 3.81. The van der Waals surface area contributed by atoms with E-state index in [-0.39, 0.29) is 12.1 Å². The molecule has 1 aliphatic rings. The number of benzene rings is 1. The minimum Gasteiger partial charge on any atom is -0.497 e. The van der Waals surface area contributed by atoms with E-state index in [0.717, 1.165) is 42.2 Å². The van der Waals surface area contributed by atoms with Crippen molar-refractivity contribution in [2.45, 2.75) is 46.2 Å². The maximum atomic E-state index is 12.7. The number of hydrogen-bond acceptors (Lipinski definition) is 3. The molecule has 1 unspecified atom stereocenters. The lowest BCUT2D eigenvalue weighted by Gasteiger charge is -2.24. The van der Waals surface area contributed by atoms with Crippen LogP contribution in [0.3, 0.4) is 0 Å². The molecular formula is C20H26N2O3. The molecule has 1 aromatic heterocycles. The highest BCUT2D eigenvalue weighted by Gasteiger charge is 2.22. The van der Waals surface area contributed by atoms with E-state index >= 15 is 0 Å². The molecule has 0 bridgehead atoms. The summed E-state index contributed by atoms with van der Waals surface area (Å²) in [6, 6.07) is 7.98. The van der Waals surface area contributed by atoms with E-state index in [1.165, 1.54) is 11.1 Å². The molecule has 0 spiro atoms. The Morgan fingerprint density at radius 1 is 1.28 bits per heavy atom. The summed E-state index contributed by atoms with van der Waals surface area (Å²) >= 11 is 0. The molecule has 25 heavy (non-hydrogen) atoms. The Morgan fingerprint density at radius 3 is 2.76 bits per heavy atom. The van der Waals surface area contributed by atoms with Crippen LogP contribution in [0.25, 0.3) is 0 Å². The third-order valence-corrected chi connectivity index (χ3v) is 4.82. The fourth-order valence-electron chi connectivity index (χ4n) is 3.47. The Labute approximate surface area is 149 Å². The minimum atomic E-state index is -0.0801. The van der Waals surface area contributed by atoms with Gasteiger partial charge in [0.2, 0.25) is 0 Å². The van der Waals surface area contributed by atoms with E-state index in [0.29, 0.717) is 6.54 Å². The molecule has 134 valence electrons. The van der Waals surface area contributed by atoms with Crippen molar-refractivity contribution in [3.8, 4) is 5.75 Å². The molecule has 3 rings (SSSR count). The van der Waals surface area contributed by atoms with E-state index < -0.39 is 0 Å². The lowest BCUT2D eigenvalue weighted by atomic mass is 10.0. The summed E-state index contributed by atoms with van der Waals surface area (Å²) in [5, 5.41) is 3.10. The van der Waals surface area contributed by atoms with Gasteiger partial charge in [0.05, 0.1) is 13.2 Å². The van der Waals surface area contributed by atoms with Crippen LogP contribution in [-0.2, 0) is 13.0 Å². The first-order valence-electron chi connectivity index (χ1n) is 8.76. The number of carbonyl (C=O) groups is 1. The van der Waals surface area contributed by atoms with Crippen LogP contribution in [0.2, 0.25) is 0 Å². The SMILES string of the molecule is COc1ccc2c(c1)CCCN(C(=O)NC(C)c1cc(C)oc1C)C2. The van der Waals surface area contributed by atoms with Gasteiger partial charge in [-0.15, -0.1) is 0 Å². The van der Waals surface area contributed by atoms with Gasteiger partial charge in [-0.25, -0.2) is 4.79 Å². The Balaban J connectivity index is 1.70. The maximum Gasteiger partial charge on any atom is 0.318 e. The summed E-state index contributed by atoms with van der Waals surface area (Å²) in [5.74, 6) is 2.60. The number of amides is 2. The van der Waals surface area contributed by atoms with Gasteiger partial charge in [0.25, 0.3) is 0 Å². The predicted molar refractivity (Wildman–Crippen MR) is 96.9 cm³/mol. The molecule has 1 atom stereocenters. The van der Waals surface area contributed by atoms with Gasteiger partial charge in [-0.2, -0.15) is 0 Å². The first-order chi connectivity index (χ1) is 12.0. The number of urea groups is 1. The zero-order chi connectivity index (χ0) is 18.0. The van der Waals surface area contributed by atoms with E-state index in [4.69, 9.17) is 9.15 Å². The standard InChI is InChI=1S/C20H26N2O3/c1-13-10-19(15(3)25-13)14(2)21-20(23)22-9-5-6-16-11-18(24-4)8-7-17(16)12-22/h7-8,10-11,14H,5-6,9,12H2,1-4H3,(H,21,23). The summed E-state index contributed by atoms with van der Waals surface area (Å²) in [4.78, 5) is 14.6. The topological polar surface area (TPSA) is 54.7 Å². The van der Waals surface area contributed by atoms with Crippen molar-refractivity contribution in [3.63, 3.8) is 0 Å². The second-order valence-electron chi connectivity index (χ2n) is 6.70. The molecule has 0 saturated heterocycles. The van der Waals surface area contributed by atoms with Crippen molar-refractivity contribution < 1.29 is 13.9 Å². The number of aryl methyl sites for hydroxylation is 3. The van der Waals surface area contributed by atoms with Gasteiger partial charge in [-0.1, -0.05) is 6.07 Å². The number of hydrogen-bond donors (Lipinski definition) is 1. The van der Waals surface area contributed by atoms with Gasteiger partial charge in [0.15, 0.2) is 0 Å². The summed E-state index contributed by atoms with van der Waals surface area (Å²) in [6.07, 6.45) is 1.91. The highest BCUT2D eigenvalue weighted by atomic mass is 16.5. The number of rotatable bonds is 3. The van der Waals surface area contributed by atoms with Crippen molar-refractivity contribution in [2.75, 3.05) is 13.7 Å². The number of nitrogens with zero attached hydrogens (tertiary/aromatic N) is 1. The number of furan rings is 1. The van der Waals surface area contributed by atoms with Gasteiger partial charge < -0.3 is 19.4 Å². The zero-order valence-electron chi connectivity index (χ0n) is 15.4. The van der Waals surface area contributed by atoms with Gasteiger partial charge in [-0.3, -0.25) is 0 Å². The molecule has 0 radical (unpaired) electrons. The van der Waals surface area contributed by atoms with Gasteiger partial charge in [0.1, 0.15) is 17.3 Å². The highest BCUT2D eigenvalue weighted by Crippen LogP contribution is 2.25. The van der Waals surface area contributed by atoms with Gasteiger partial charge >= 0.3 is 6.03 Å². The highest BCUT2D eigenvalue weighted by molar-refractivity contribution is 5.75. The Hall–Kier alpha value is -2.43. The molecule has 5 nitrogen and oxygen atoms in total. The quantitative estimate of drug-likeness (QED) is 0.913. The molecule has 0 fully saturated rings. The predicted octanol–water partition coefficient (Wildman–Crippen LogP) is 4.12. The summed E-state index contributed by atoms with van der Waals surface area (Å²) in [5.41, 5.74) is 3.49. The van der Waals surface area contributed by atoms with Crippen LogP contribution in [0.1, 0.15) is 47.6 Å². The van der Waals surface area contributed by atoms with Gasteiger partial charge in [0, 0.05) is 18.7 Å². The van der Waals surface area contributed by atoms with E-state index in [1.807, 2.05) is 37.8 Å². The molecule has 1 aliphatic heterocycles. The van der Waals surface area contributed by atoms with Crippen molar-refractivity contribution in [1.82, 2.24) is 10.2 Å².